The highest BCUT2D eigenvalue weighted by molar-refractivity contribution is 5.85. The van der Waals surface area contributed by atoms with E-state index in [9.17, 15) is 13.6 Å². The van der Waals surface area contributed by atoms with Crippen LogP contribution in [0.4, 0.5) is 8.78 Å². The van der Waals surface area contributed by atoms with Gasteiger partial charge < -0.3 is 0 Å². The van der Waals surface area contributed by atoms with Crippen LogP contribution in [0.1, 0.15) is 5.56 Å². The lowest BCUT2D eigenvalue weighted by molar-refractivity contribution is -0.120. The fraction of sp³-hybridized carbons (Fsp3) is 0.125. The van der Waals surface area contributed by atoms with E-state index in [-0.39, 0.29) is 24.4 Å². The number of benzene rings is 1. The second kappa shape index (κ2) is 5.51. The van der Waals surface area contributed by atoms with Crippen molar-refractivity contribution in [1.29, 1.82) is 0 Å². The average Bonchev–Trinajstić information content (AvgIpc) is 2.09. The van der Waals surface area contributed by atoms with E-state index in [1.807, 2.05) is 5.43 Å². The quantitative estimate of drug-likeness (QED) is 0.444. The van der Waals surface area contributed by atoms with Crippen molar-refractivity contribution in [2.75, 3.05) is 0 Å². The van der Waals surface area contributed by atoms with E-state index in [4.69, 9.17) is 5.84 Å². The SMILES string of the molecule is Cl.NNC(=O)Cc1ccc(F)cc1F. The molecule has 0 heterocycles. The highest BCUT2D eigenvalue weighted by Crippen LogP contribution is 2.09. The fourth-order valence-electron chi connectivity index (χ4n) is 0.889. The molecule has 0 atom stereocenters. The summed E-state index contributed by atoms with van der Waals surface area (Å²) in [4.78, 5) is 10.7. The number of hydrazine groups is 1. The maximum Gasteiger partial charge on any atom is 0.238 e. The fourth-order valence-corrected chi connectivity index (χ4v) is 0.889. The van der Waals surface area contributed by atoms with E-state index in [0.29, 0.717) is 0 Å². The summed E-state index contributed by atoms with van der Waals surface area (Å²) in [6, 6.07) is 3.02. The lowest BCUT2D eigenvalue weighted by atomic mass is 10.1. The molecule has 0 aliphatic heterocycles. The highest BCUT2D eigenvalue weighted by Gasteiger charge is 2.07. The van der Waals surface area contributed by atoms with Crippen LogP contribution in [0.3, 0.4) is 0 Å². The van der Waals surface area contributed by atoms with Crippen molar-refractivity contribution in [2.45, 2.75) is 6.42 Å². The first kappa shape index (κ1) is 12.8. The molecular weight excluding hydrogens is 214 g/mol. The van der Waals surface area contributed by atoms with Crippen LogP contribution in [-0.2, 0) is 11.2 Å². The Labute approximate surface area is 85.7 Å². The van der Waals surface area contributed by atoms with Crippen LogP contribution in [0.5, 0.6) is 0 Å². The molecule has 0 fully saturated rings. The Kier molecular flexibility index (Phi) is 5.04. The molecule has 3 nitrogen and oxygen atoms in total. The minimum atomic E-state index is -0.747. The molecule has 0 spiro atoms. The summed E-state index contributed by atoms with van der Waals surface area (Å²) >= 11 is 0. The molecule has 0 radical (unpaired) electrons. The average molecular weight is 223 g/mol. The van der Waals surface area contributed by atoms with Crippen molar-refractivity contribution in [1.82, 2.24) is 5.43 Å². The van der Waals surface area contributed by atoms with Gasteiger partial charge in [-0.15, -0.1) is 12.4 Å². The normalized spacial score (nSPS) is 9.07. The summed E-state index contributed by atoms with van der Waals surface area (Å²) in [5.74, 6) is 2.86. The molecule has 0 aliphatic rings. The van der Waals surface area contributed by atoms with Gasteiger partial charge in [-0.25, -0.2) is 14.6 Å². The Morgan fingerprint density at radius 2 is 2.07 bits per heavy atom. The number of amides is 1. The van der Waals surface area contributed by atoms with E-state index in [1.165, 1.54) is 6.07 Å². The zero-order valence-corrected chi connectivity index (χ0v) is 7.91. The number of halogens is 3. The zero-order valence-electron chi connectivity index (χ0n) is 7.09. The molecule has 78 valence electrons. The number of nitrogens with two attached hydrogens (primary N) is 1. The van der Waals surface area contributed by atoms with Gasteiger partial charge in [0.15, 0.2) is 0 Å². The van der Waals surface area contributed by atoms with Gasteiger partial charge in [0.2, 0.25) is 5.91 Å². The molecule has 14 heavy (non-hydrogen) atoms. The van der Waals surface area contributed by atoms with Gasteiger partial charge in [-0.1, -0.05) is 6.07 Å². The van der Waals surface area contributed by atoms with E-state index in [2.05, 4.69) is 0 Å². The summed E-state index contributed by atoms with van der Waals surface area (Å²) in [6.45, 7) is 0. The van der Waals surface area contributed by atoms with Crippen LogP contribution >= 0.6 is 12.4 Å². The van der Waals surface area contributed by atoms with Crippen molar-refractivity contribution in [3.8, 4) is 0 Å². The number of nitrogens with one attached hydrogen (secondary N) is 1. The summed E-state index contributed by atoms with van der Waals surface area (Å²) in [7, 11) is 0. The molecule has 1 amide bonds. The maximum absolute atomic E-state index is 12.9. The minimum absolute atomic E-state index is 0. The molecule has 0 saturated carbocycles. The Balaban J connectivity index is 0.00000169. The summed E-state index contributed by atoms with van der Waals surface area (Å²) in [5.41, 5.74) is 1.97. The van der Waals surface area contributed by atoms with Gasteiger partial charge in [-0.05, 0) is 11.6 Å². The second-order valence-electron chi connectivity index (χ2n) is 2.48. The summed E-state index contributed by atoms with van der Waals surface area (Å²) in [5, 5.41) is 0. The number of carbonyl (C=O) groups is 1. The Morgan fingerprint density at radius 1 is 1.43 bits per heavy atom. The van der Waals surface area contributed by atoms with Crippen molar-refractivity contribution < 1.29 is 13.6 Å². The van der Waals surface area contributed by atoms with Gasteiger partial charge in [0.05, 0.1) is 6.42 Å². The predicted octanol–water partition coefficient (Wildman–Crippen LogP) is 0.919. The molecule has 1 aromatic rings. The number of hydrogen-bond acceptors (Lipinski definition) is 2. The Bertz CT molecular complexity index is 333. The molecule has 0 aromatic heterocycles. The van der Waals surface area contributed by atoms with Gasteiger partial charge in [0, 0.05) is 6.07 Å². The summed E-state index contributed by atoms with van der Waals surface area (Å²) in [6.07, 6.45) is -0.192. The standard InChI is InChI=1S/C8H8F2N2O.ClH/c9-6-2-1-5(7(10)4-6)3-8(13)12-11;/h1-2,4H,3,11H2,(H,12,13);1H. The van der Waals surface area contributed by atoms with E-state index < -0.39 is 17.5 Å². The van der Waals surface area contributed by atoms with Gasteiger partial charge in [0.25, 0.3) is 0 Å². The van der Waals surface area contributed by atoms with Crippen molar-refractivity contribution >= 4 is 18.3 Å². The molecular formula is C8H9ClF2N2O. The lowest BCUT2D eigenvalue weighted by Crippen LogP contribution is -2.31. The Hall–Kier alpha value is -1.20. The zero-order chi connectivity index (χ0) is 9.84. The number of rotatable bonds is 2. The van der Waals surface area contributed by atoms with E-state index in [0.717, 1.165) is 12.1 Å². The molecule has 0 aliphatic carbocycles. The first-order chi connectivity index (χ1) is 6.13. The highest BCUT2D eigenvalue weighted by atomic mass is 35.5. The van der Waals surface area contributed by atoms with E-state index in [1.54, 1.807) is 0 Å². The van der Waals surface area contributed by atoms with Crippen LogP contribution in [-0.4, -0.2) is 5.91 Å². The molecule has 6 heteroatoms. The smallest absolute Gasteiger partial charge is 0.238 e. The molecule has 0 unspecified atom stereocenters. The molecule has 1 aromatic carbocycles. The second-order valence-corrected chi connectivity index (χ2v) is 2.48. The number of hydrogen-bond donors (Lipinski definition) is 2. The van der Waals surface area contributed by atoms with E-state index >= 15 is 0 Å². The van der Waals surface area contributed by atoms with Crippen LogP contribution in [0, 0.1) is 11.6 Å². The topological polar surface area (TPSA) is 55.1 Å². The minimum Gasteiger partial charge on any atom is -0.294 e. The molecule has 0 saturated heterocycles. The third-order valence-electron chi connectivity index (χ3n) is 1.53. The van der Waals surface area contributed by atoms with Gasteiger partial charge in [-0.2, -0.15) is 0 Å². The monoisotopic (exact) mass is 222 g/mol. The van der Waals surface area contributed by atoms with Gasteiger partial charge in [-0.3, -0.25) is 10.2 Å². The first-order valence-electron chi connectivity index (χ1n) is 3.57. The summed E-state index contributed by atoms with van der Waals surface area (Å²) < 4.78 is 25.3. The lowest BCUT2D eigenvalue weighted by Gasteiger charge is -2.01. The van der Waals surface area contributed by atoms with Crippen molar-refractivity contribution in [3.05, 3.63) is 35.4 Å². The van der Waals surface area contributed by atoms with Crippen molar-refractivity contribution in [2.24, 2.45) is 5.84 Å². The van der Waals surface area contributed by atoms with Crippen LogP contribution in [0.2, 0.25) is 0 Å². The molecule has 3 N–H and O–H groups in total. The third-order valence-corrected chi connectivity index (χ3v) is 1.53. The van der Waals surface area contributed by atoms with Crippen LogP contribution < -0.4 is 11.3 Å². The van der Waals surface area contributed by atoms with Gasteiger partial charge in [0.1, 0.15) is 11.6 Å². The van der Waals surface area contributed by atoms with Gasteiger partial charge >= 0.3 is 0 Å². The first-order valence-corrected chi connectivity index (χ1v) is 3.57. The maximum atomic E-state index is 12.9. The molecule has 1 rings (SSSR count). The van der Waals surface area contributed by atoms with Crippen LogP contribution in [0.25, 0.3) is 0 Å². The predicted molar refractivity (Wildman–Crippen MR) is 49.6 cm³/mol. The van der Waals surface area contributed by atoms with Crippen LogP contribution in [0.15, 0.2) is 18.2 Å². The van der Waals surface area contributed by atoms with Crippen molar-refractivity contribution in [3.63, 3.8) is 0 Å². The Morgan fingerprint density at radius 3 is 2.57 bits per heavy atom. The third kappa shape index (κ3) is 3.27. The largest absolute Gasteiger partial charge is 0.294 e. The number of carbonyl (C=O) groups excluding carboxylic acids is 1. The molecule has 0 bridgehead atoms.